The molecule has 3 heteroatoms. The first-order chi connectivity index (χ1) is 5.86. The third-order valence-electron chi connectivity index (χ3n) is 2.14. The molecule has 1 aliphatic heterocycles. The van der Waals surface area contributed by atoms with E-state index in [1.165, 1.54) is 0 Å². The number of esters is 1. The summed E-state index contributed by atoms with van der Waals surface area (Å²) in [6.07, 6.45) is 4.79. The fourth-order valence-corrected chi connectivity index (χ4v) is 1.45. The van der Waals surface area contributed by atoms with Crippen LogP contribution >= 0.6 is 0 Å². The fraction of sp³-hybridized carbons (Fsp3) is 0.444. The van der Waals surface area contributed by atoms with Gasteiger partial charge in [-0.05, 0) is 18.6 Å². The molecule has 2 rings (SSSR count). The molecular weight excluding hydrogens is 154 g/mol. The van der Waals surface area contributed by atoms with Gasteiger partial charge < -0.3 is 9.30 Å². The van der Waals surface area contributed by atoms with Gasteiger partial charge in [-0.3, -0.25) is 4.79 Å². The van der Waals surface area contributed by atoms with E-state index in [-0.39, 0.29) is 11.9 Å². The van der Waals surface area contributed by atoms with Gasteiger partial charge >= 0.3 is 5.97 Å². The molecular formula is C9H11NO2. The lowest BCUT2D eigenvalue weighted by atomic mass is 10.1. The largest absolute Gasteiger partial charge is 0.465 e. The van der Waals surface area contributed by atoms with Crippen LogP contribution in [0.3, 0.4) is 0 Å². The van der Waals surface area contributed by atoms with Crippen molar-refractivity contribution in [3.63, 3.8) is 0 Å². The molecule has 1 aromatic rings. The lowest BCUT2D eigenvalue weighted by molar-refractivity contribution is -0.141. The molecule has 64 valence electrons. The molecule has 0 aliphatic carbocycles. The number of carbonyl (C=O) groups excluding carboxylic acids is 1. The van der Waals surface area contributed by atoms with E-state index in [9.17, 15) is 4.79 Å². The topological polar surface area (TPSA) is 31.2 Å². The van der Waals surface area contributed by atoms with Crippen molar-refractivity contribution in [2.75, 3.05) is 6.61 Å². The summed E-state index contributed by atoms with van der Waals surface area (Å²) >= 11 is 0. The summed E-state index contributed by atoms with van der Waals surface area (Å²) in [7, 11) is 0. The molecule has 1 unspecified atom stereocenters. The molecule has 1 saturated heterocycles. The van der Waals surface area contributed by atoms with Gasteiger partial charge in [-0.25, -0.2) is 0 Å². The number of carbonyl (C=O) groups is 1. The van der Waals surface area contributed by atoms with Gasteiger partial charge in [0.25, 0.3) is 0 Å². The number of hydrogen-bond acceptors (Lipinski definition) is 2. The van der Waals surface area contributed by atoms with Gasteiger partial charge in [0.1, 0.15) is 0 Å². The van der Waals surface area contributed by atoms with E-state index in [1.54, 1.807) is 0 Å². The van der Waals surface area contributed by atoms with Gasteiger partial charge in [-0.15, -0.1) is 0 Å². The third kappa shape index (κ3) is 1.35. The maximum absolute atomic E-state index is 11.1. The Morgan fingerprint density at radius 2 is 2.25 bits per heavy atom. The number of nitrogens with zero attached hydrogens (tertiary/aromatic N) is 1. The zero-order valence-electron chi connectivity index (χ0n) is 6.77. The van der Waals surface area contributed by atoms with Crippen LogP contribution in [0.2, 0.25) is 0 Å². The molecule has 0 bridgehead atoms. The Morgan fingerprint density at radius 3 is 2.83 bits per heavy atom. The van der Waals surface area contributed by atoms with E-state index >= 15 is 0 Å². The van der Waals surface area contributed by atoms with Crippen LogP contribution in [0.5, 0.6) is 0 Å². The standard InChI is InChI=1S/C9H11NO2/c11-9-8(3-6-12-9)7-10-4-1-2-5-10/h1-2,4-5,8H,3,6-7H2. The van der Waals surface area contributed by atoms with Crippen LogP contribution < -0.4 is 0 Å². The summed E-state index contributed by atoms with van der Waals surface area (Å²) in [5.41, 5.74) is 0. The summed E-state index contributed by atoms with van der Waals surface area (Å²) in [6, 6.07) is 3.92. The minimum Gasteiger partial charge on any atom is -0.465 e. The summed E-state index contributed by atoms with van der Waals surface area (Å²) < 4.78 is 6.87. The van der Waals surface area contributed by atoms with E-state index < -0.39 is 0 Å². The molecule has 0 amide bonds. The van der Waals surface area contributed by atoms with Gasteiger partial charge in [-0.2, -0.15) is 0 Å². The Hall–Kier alpha value is -1.25. The van der Waals surface area contributed by atoms with Crippen molar-refractivity contribution < 1.29 is 9.53 Å². The Morgan fingerprint density at radius 1 is 1.50 bits per heavy atom. The van der Waals surface area contributed by atoms with Gasteiger partial charge in [0.2, 0.25) is 0 Å². The minimum atomic E-state index is -0.0521. The predicted molar refractivity (Wildman–Crippen MR) is 43.5 cm³/mol. The lowest BCUT2D eigenvalue weighted by Gasteiger charge is -2.05. The average molecular weight is 165 g/mol. The molecule has 0 aromatic carbocycles. The van der Waals surface area contributed by atoms with Crippen molar-refractivity contribution in [1.29, 1.82) is 0 Å². The van der Waals surface area contributed by atoms with Crippen molar-refractivity contribution in [2.24, 2.45) is 5.92 Å². The van der Waals surface area contributed by atoms with Crippen LogP contribution in [-0.2, 0) is 16.1 Å². The predicted octanol–water partition coefficient (Wildman–Crippen LogP) is 1.05. The molecule has 1 atom stereocenters. The van der Waals surface area contributed by atoms with Gasteiger partial charge in [0.05, 0.1) is 12.5 Å². The molecule has 1 aliphatic rings. The van der Waals surface area contributed by atoms with Crippen LogP contribution in [0.25, 0.3) is 0 Å². The smallest absolute Gasteiger partial charge is 0.310 e. The Balaban J connectivity index is 1.99. The second kappa shape index (κ2) is 3.01. The van der Waals surface area contributed by atoms with Gasteiger partial charge in [-0.1, -0.05) is 0 Å². The van der Waals surface area contributed by atoms with E-state index in [4.69, 9.17) is 4.74 Å². The van der Waals surface area contributed by atoms with Crippen molar-refractivity contribution in [2.45, 2.75) is 13.0 Å². The van der Waals surface area contributed by atoms with Crippen LogP contribution in [0.1, 0.15) is 6.42 Å². The summed E-state index contributed by atoms with van der Waals surface area (Å²) in [4.78, 5) is 11.1. The van der Waals surface area contributed by atoms with E-state index in [1.807, 2.05) is 29.1 Å². The first-order valence-electron chi connectivity index (χ1n) is 4.13. The number of ether oxygens (including phenoxy) is 1. The van der Waals surface area contributed by atoms with Crippen LogP contribution in [0, 0.1) is 5.92 Å². The minimum absolute atomic E-state index is 0.0521. The normalized spacial score (nSPS) is 22.7. The molecule has 0 radical (unpaired) electrons. The first kappa shape index (κ1) is 7.40. The highest BCUT2D eigenvalue weighted by Crippen LogP contribution is 2.16. The second-order valence-corrected chi connectivity index (χ2v) is 3.03. The number of aromatic nitrogens is 1. The zero-order valence-corrected chi connectivity index (χ0v) is 6.77. The Bertz CT molecular complexity index is 266. The molecule has 1 fully saturated rings. The summed E-state index contributed by atoms with van der Waals surface area (Å²) in [5.74, 6) is 0.0149. The van der Waals surface area contributed by atoms with Gasteiger partial charge in [0, 0.05) is 18.9 Å². The molecule has 0 N–H and O–H groups in total. The number of cyclic esters (lactones) is 1. The molecule has 0 saturated carbocycles. The van der Waals surface area contributed by atoms with Crippen molar-refractivity contribution >= 4 is 5.97 Å². The third-order valence-corrected chi connectivity index (χ3v) is 2.14. The highest BCUT2D eigenvalue weighted by Gasteiger charge is 2.26. The van der Waals surface area contributed by atoms with E-state index in [0.717, 1.165) is 13.0 Å². The number of hydrogen-bond donors (Lipinski definition) is 0. The summed E-state index contributed by atoms with van der Waals surface area (Å²) in [6.45, 7) is 1.34. The average Bonchev–Trinajstić information content (AvgIpc) is 2.65. The molecule has 2 heterocycles. The summed E-state index contributed by atoms with van der Waals surface area (Å²) in [5, 5.41) is 0. The quantitative estimate of drug-likeness (QED) is 0.613. The highest BCUT2D eigenvalue weighted by molar-refractivity contribution is 5.73. The van der Waals surface area contributed by atoms with Crippen molar-refractivity contribution in [3.05, 3.63) is 24.5 Å². The zero-order chi connectivity index (χ0) is 8.39. The molecule has 3 nitrogen and oxygen atoms in total. The Kier molecular flexibility index (Phi) is 1.86. The van der Waals surface area contributed by atoms with Crippen molar-refractivity contribution in [3.8, 4) is 0 Å². The SMILES string of the molecule is O=C1OCCC1Cn1cccc1. The van der Waals surface area contributed by atoms with Gasteiger partial charge in [0.15, 0.2) is 0 Å². The second-order valence-electron chi connectivity index (χ2n) is 3.03. The maximum Gasteiger partial charge on any atom is 0.310 e. The lowest BCUT2D eigenvalue weighted by Crippen LogP contribution is -2.14. The molecule has 12 heavy (non-hydrogen) atoms. The van der Waals surface area contributed by atoms with E-state index in [0.29, 0.717) is 6.61 Å². The number of rotatable bonds is 2. The maximum atomic E-state index is 11.1. The van der Waals surface area contributed by atoms with Crippen LogP contribution in [0.4, 0.5) is 0 Å². The monoisotopic (exact) mass is 165 g/mol. The van der Waals surface area contributed by atoms with Crippen LogP contribution in [0.15, 0.2) is 24.5 Å². The van der Waals surface area contributed by atoms with E-state index in [2.05, 4.69) is 0 Å². The Labute approximate surface area is 70.9 Å². The first-order valence-corrected chi connectivity index (χ1v) is 4.13. The fourth-order valence-electron chi connectivity index (χ4n) is 1.45. The molecule has 1 aromatic heterocycles. The molecule has 0 spiro atoms. The highest BCUT2D eigenvalue weighted by atomic mass is 16.5. The van der Waals surface area contributed by atoms with Crippen LogP contribution in [-0.4, -0.2) is 17.1 Å². The van der Waals surface area contributed by atoms with Crippen molar-refractivity contribution in [1.82, 2.24) is 4.57 Å².